The molecule has 0 spiro atoms. The van der Waals surface area contributed by atoms with Crippen molar-refractivity contribution in [2.75, 3.05) is 0 Å². The highest BCUT2D eigenvalue weighted by molar-refractivity contribution is 4.50. The lowest BCUT2D eigenvalue weighted by molar-refractivity contribution is -0.0473. The van der Waals surface area contributed by atoms with Crippen LogP contribution in [0.25, 0.3) is 0 Å². The first kappa shape index (κ1) is 10.8. The zero-order valence-electron chi connectivity index (χ0n) is 6.86. The van der Waals surface area contributed by atoms with Gasteiger partial charge in [0.05, 0.1) is 6.10 Å². The third-order valence-corrected chi connectivity index (χ3v) is 1.56. The van der Waals surface area contributed by atoms with Crippen molar-refractivity contribution in [2.24, 2.45) is 5.90 Å². The molecule has 0 radical (unpaired) electrons. The highest BCUT2D eigenvalue weighted by Gasteiger charge is 2.01. The lowest BCUT2D eigenvalue weighted by atomic mass is 10.1. The van der Waals surface area contributed by atoms with Crippen LogP contribution in [0, 0.1) is 0 Å². The average Bonchev–Trinajstić information content (AvgIpc) is 1.97. The van der Waals surface area contributed by atoms with Crippen LogP contribution in [0.2, 0.25) is 0 Å². The number of rotatable bonds is 6. The fourth-order valence-electron chi connectivity index (χ4n) is 0.827. The summed E-state index contributed by atoms with van der Waals surface area (Å²) in [5, 5.41) is 16.9. The van der Waals surface area contributed by atoms with E-state index in [1.807, 2.05) is 6.92 Å². The summed E-state index contributed by atoms with van der Waals surface area (Å²) >= 11 is 0. The van der Waals surface area contributed by atoms with Crippen molar-refractivity contribution in [3.8, 4) is 0 Å². The minimum Gasteiger partial charge on any atom is -0.368 e. The normalized spacial score (nSPS) is 13.9. The maximum atomic E-state index is 8.47. The quantitative estimate of drug-likeness (QED) is 0.296. The number of hydrogen-bond acceptors (Lipinski definition) is 4. The Morgan fingerprint density at radius 1 is 1.27 bits per heavy atom. The van der Waals surface area contributed by atoms with Crippen molar-refractivity contribution in [1.29, 1.82) is 0 Å². The van der Waals surface area contributed by atoms with E-state index in [1.165, 1.54) is 0 Å². The highest BCUT2D eigenvalue weighted by Crippen LogP contribution is 2.05. The molecular formula is C7H17NO3. The van der Waals surface area contributed by atoms with Crippen LogP contribution in [0.15, 0.2) is 0 Å². The van der Waals surface area contributed by atoms with Gasteiger partial charge in [0.15, 0.2) is 6.29 Å². The summed E-state index contributed by atoms with van der Waals surface area (Å²) in [4.78, 5) is 4.53. The van der Waals surface area contributed by atoms with Crippen LogP contribution in [0.5, 0.6) is 0 Å². The molecule has 68 valence electrons. The molecule has 11 heavy (non-hydrogen) atoms. The van der Waals surface area contributed by atoms with Gasteiger partial charge < -0.3 is 15.1 Å². The van der Waals surface area contributed by atoms with Gasteiger partial charge in [-0.25, -0.2) is 5.90 Å². The van der Waals surface area contributed by atoms with Crippen LogP contribution < -0.4 is 5.90 Å². The van der Waals surface area contributed by atoms with Crippen molar-refractivity contribution < 1.29 is 15.1 Å². The van der Waals surface area contributed by atoms with E-state index in [2.05, 4.69) is 4.84 Å². The Morgan fingerprint density at radius 3 is 2.27 bits per heavy atom. The predicted molar refractivity (Wildman–Crippen MR) is 41.4 cm³/mol. The van der Waals surface area contributed by atoms with E-state index in [-0.39, 0.29) is 6.10 Å². The Morgan fingerprint density at radius 2 is 1.82 bits per heavy atom. The lowest BCUT2D eigenvalue weighted by Crippen LogP contribution is -2.13. The fraction of sp³-hybridized carbons (Fsp3) is 1.00. The molecule has 0 bridgehead atoms. The number of hydrogen-bond donors (Lipinski definition) is 3. The predicted octanol–water partition coefficient (Wildman–Crippen LogP) is 0.136. The van der Waals surface area contributed by atoms with E-state index in [0.29, 0.717) is 6.42 Å². The molecule has 0 saturated carbocycles. The average molecular weight is 163 g/mol. The molecule has 0 rings (SSSR count). The van der Waals surface area contributed by atoms with Crippen LogP contribution >= 0.6 is 0 Å². The first-order valence-electron chi connectivity index (χ1n) is 3.88. The summed E-state index contributed by atoms with van der Waals surface area (Å²) in [6, 6.07) is 0. The first-order valence-corrected chi connectivity index (χ1v) is 3.88. The van der Waals surface area contributed by atoms with E-state index >= 15 is 0 Å². The van der Waals surface area contributed by atoms with Crippen LogP contribution in [0.3, 0.4) is 0 Å². The summed E-state index contributed by atoms with van der Waals surface area (Å²) < 4.78 is 0. The number of aliphatic hydroxyl groups excluding tert-OH is 1. The van der Waals surface area contributed by atoms with Gasteiger partial charge in [0, 0.05) is 0 Å². The zero-order chi connectivity index (χ0) is 8.69. The Kier molecular flexibility index (Phi) is 6.45. The molecule has 0 aliphatic carbocycles. The summed E-state index contributed by atoms with van der Waals surface area (Å²) in [6.45, 7) is 1.88. The maximum Gasteiger partial charge on any atom is 0.151 e. The topological polar surface area (TPSA) is 75.7 Å². The van der Waals surface area contributed by atoms with Crippen molar-refractivity contribution in [3.63, 3.8) is 0 Å². The number of nitrogens with two attached hydrogens (primary N) is 1. The Labute approximate surface area is 66.9 Å². The minimum atomic E-state index is -1.18. The van der Waals surface area contributed by atoms with E-state index < -0.39 is 6.29 Å². The monoisotopic (exact) mass is 163 g/mol. The van der Waals surface area contributed by atoms with Crippen LogP contribution in [0.4, 0.5) is 0 Å². The second kappa shape index (κ2) is 6.54. The standard InChI is InChI=1S/C7H17NO3/c1-6(11-8)4-2-3-5-7(9)10/h6-7,9-10H,2-5,8H2,1H3/t6-/m0/s1. The highest BCUT2D eigenvalue weighted by atomic mass is 16.6. The fourth-order valence-corrected chi connectivity index (χ4v) is 0.827. The van der Waals surface area contributed by atoms with Crippen LogP contribution in [-0.4, -0.2) is 22.6 Å². The summed E-state index contributed by atoms with van der Waals surface area (Å²) in [5.74, 6) is 4.92. The Balaban J connectivity index is 3.01. The molecule has 1 atom stereocenters. The molecule has 0 amide bonds. The summed E-state index contributed by atoms with van der Waals surface area (Å²) in [7, 11) is 0. The SMILES string of the molecule is C[C@@H](CCCCC(O)O)ON. The molecule has 0 saturated heterocycles. The van der Waals surface area contributed by atoms with E-state index in [0.717, 1.165) is 19.3 Å². The largest absolute Gasteiger partial charge is 0.368 e. The van der Waals surface area contributed by atoms with Gasteiger partial charge in [-0.3, -0.25) is 0 Å². The van der Waals surface area contributed by atoms with Gasteiger partial charge in [0.1, 0.15) is 0 Å². The molecule has 0 unspecified atom stereocenters. The van der Waals surface area contributed by atoms with Gasteiger partial charge in [0.2, 0.25) is 0 Å². The molecule has 0 aliphatic heterocycles. The van der Waals surface area contributed by atoms with Crippen molar-refractivity contribution in [3.05, 3.63) is 0 Å². The lowest BCUT2D eigenvalue weighted by Gasteiger charge is -2.07. The van der Waals surface area contributed by atoms with Crippen molar-refractivity contribution in [1.82, 2.24) is 0 Å². The molecule has 0 aliphatic rings. The molecule has 4 heteroatoms. The molecule has 4 N–H and O–H groups in total. The molecule has 0 aromatic heterocycles. The minimum absolute atomic E-state index is 0.0610. The van der Waals surface area contributed by atoms with Crippen molar-refractivity contribution in [2.45, 2.75) is 45.0 Å². The maximum absolute atomic E-state index is 8.47. The van der Waals surface area contributed by atoms with Crippen LogP contribution in [0.1, 0.15) is 32.6 Å². The Bertz CT molecular complexity index is 87.8. The third-order valence-electron chi connectivity index (χ3n) is 1.56. The van der Waals surface area contributed by atoms with Gasteiger partial charge in [-0.05, 0) is 26.2 Å². The van der Waals surface area contributed by atoms with Crippen LogP contribution in [-0.2, 0) is 4.84 Å². The number of unbranched alkanes of at least 4 members (excludes halogenated alkanes) is 1. The van der Waals surface area contributed by atoms with Gasteiger partial charge in [-0.1, -0.05) is 6.42 Å². The second-order valence-electron chi connectivity index (χ2n) is 2.71. The first-order chi connectivity index (χ1) is 5.16. The number of aliphatic hydroxyl groups is 2. The van der Waals surface area contributed by atoms with Crippen molar-refractivity contribution >= 4 is 0 Å². The Hall–Kier alpha value is -0.160. The molecule has 4 nitrogen and oxygen atoms in total. The van der Waals surface area contributed by atoms with Gasteiger partial charge in [-0.15, -0.1) is 0 Å². The molecule has 0 aromatic carbocycles. The third kappa shape index (κ3) is 7.74. The van der Waals surface area contributed by atoms with E-state index in [9.17, 15) is 0 Å². The smallest absolute Gasteiger partial charge is 0.151 e. The molecular weight excluding hydrogens is 146 g/mol. The van der Waals surface area contributed by atoms with Gasteiger partial charge in [0.25, 0.3) is 0 Å². The summed E-state index contributed by atoms with van der Waals surface area (Å²) in [5.41, 5.74) is 0. The second-order valence-corrected chi connectivity index (χ2v) is 2.71. The van der Waals surface area contributed by atoms with E-state index in [1.54, 1.807) is 0 Å². The molecule has 0 fully saturated rings. The molecule has 0 aromatic rings. The molecule has 0 heterocycles. The summed E-state index contributed by atoms with van der Waals surface area (Å²) in [6.07, 6.45) is 1.89. The zero-order valence-corrected chi connectivity index (χ0v) is 6.86. The van der Waals surface area contributed by atoms with Gasteiger partial charge >= 0.3 is 0 Å². The van der Waals surface area contributed by atoms with E-state index in [4.69, 9.17) is 16.1 Å². The van der Waals surface area contributed by atoms with Gasteiger partial charge in [-0.2, -0.15) is 0 Å².